The molecule has 0 atom stereocenters. The minimum Gasteiger partial charge on any atom is -0.489 e. The molecule has 0 aliphatic rings. The van der Waals surface area contributed by atoms with E-state index in [2.05, 4.69) is 23.5 Å². The van der Waals surface area contributed by atoms with E-state index in [-0.39, 0.29) is 18.1 Å². The second kappa shape index (κ2) is 14.0. The molecule has 0 heterocycles. The lowest BCUT2D eigenvalue weighted by atomic mass is 9.97. The van der Waals surface area contributed by atoms with Crippen LogP contribution in [0, 0.1) is 12.7 Å². The van der Waals surface area contributed by atoms with Gasteiger partial charge in [-0.1, -0.05) is 54.6 Å². The maximum atomic E-state index is 13.9. The van der Waals surface area contributed by atoms with Crippen LogP contribution in [-0.4, -0.2) is 12.5 Å². The van der Waals surface area contributed by atoms with Crippen LogP contribution in [0.4, 0.5) is 17.6 Å². The second-order valence-electron chi connectivity index (χ2n) is 10.1. The van der Waals surface area contributed by atoms with Crippen molar-refractivity contribution in [2.75, 3.05) is 6.54 Å². The average molecular weight is 580 g/mol. The molecule has 0 bridgehead atoms. The van der Waals surface area contributed by atoms with Gasteiger partial charge in [-0.15, -0.1) is 0 Å². The molecular formula is C34H33F4NO3. The van der Waals surface area contributed by atoms with Crippen LogP contribution in [0.5, 0.6) is 11.5 Å². The Hall–Kier alpha value is -4.33. The molecule has 4 aromatic carbocycles. The van der Waals surface area contributed by atoms with Crippen molar-refractivity contribution < 1.29 is 31.8 Å². The molecule has 0 saturated heterocycles. The molecule has 1 amide bonds. The van der Waals surface area contributed by atoms with Crippen molar-refractivity contribution in [1.29, 1.82) is 0 Å². The molecule has 220 valence electrons. The molecule has 0 saturated carbocycles. The summed E-state index contributed by atoms with van der Waals surface area (Å²) in [7, 11) is 0. The summed E-state index contributed by atoms with van der Waals surface area (Å²) < 4.78 is 65.6. The fraction of sp³-hybridized carbons (Fsp3) is 0.265. The first kappa shape index (κ1) is 30.6. The summed E-state index contributed by atoms with van der Waals surface area (Å²) in [5.41, 5.74) is 4.18. The van der Waals surface area contributed by atoms with Crippen LogP contribution in [-0.2, 0) is 30.6 Å². The van der Waals surface area contributed by atoms with Crippen LogP contribution in [0.15, 0.2) is 84.9 Å². The molecule has 0 aliphatic carbocycles. The molecule has 0 aromatic heterocycles. The van der Waals surface area contributed by atoms with Gasteiger partial charge in [-0.2, -0.15) is 13.2 Å². The van der Waals surface area contributed by atoms with Gasteiger partial charge in [0.15, 0.2) is 0 Å². The topological polar surface area (TPSA) is 47.6 Å². The summed E-state index contributed by atoms with van der Waals surface area (Å²) in [4.78, 5) is 11.1. The number of hydrogen-bond donors (Lipinski definition) is 1. The largest absolute Gasteiger partial charge is 0.489 e. The van der Waals surface area contributed by atoms with Gasteiger partial charge in [0.1, 0.15) is 30.5 Å². The number of amides is 1. The fourth-order valence-electron chi connectivity index (χ4n) is 4.66. The zero-order valence-electron chi connectivity index (χ0n) is 23.6. The zero-order valence-corrected chi connectivity index (χ0v) is 23.6. The van der Waals surface area contributed by atoms with Gasteiger partial charge in [0.05, 0.1) is 5.56 Å². The number of hydrogen-bond acceptors (Lipinski definition) is 3. The molecule has 4 rings (SSSR count). The monoisotopic (exact) mass is 579 g/mol. The fourth-order valence-corrected chi connectivity index (χ4v) is 4.66. The molecule has 4 aromatic rings. The molecule has 0 spiro atoms. The summed E-state index contributed by atoms with van der Waals surface area (Å²) in [6, 6.07) is 23.9. The normalized spacial score (nSPS) is 11.3. The van der Waals surface area contributed by atoms with E-state index in [1.54, 1.807) is 6.07 Å². The molecule has 0 radical (unpaired) electrons. The van der Waals surface area contributed by atoms with E-state index in [1.165, 1.54) is 6.92 Å². The number of rotatable bonds is 12. The van der Waals surface area contributed by atoms with Crippen molar-refractivity contribution in [3.8, 4) is 22.6 Å². The Morgan fingerprint density at radius 1 is 0.833 bits per heavy atom. The van der Waals surface area contributed by atoms with Crippen molar-refractivity contribution in [2.24, 2.45) is 0 Å². The number of halogens is 4. The van der Waals surface area contributed by atoms with Crippen LogP contribution < -0.4 is 14.8 Å². The Morgan fingerprint density at radius 3 is 2.36 bits per heavy atom. The van der Waals surface area contributed by atoms with Gasteiger partial charge >= 0.3 is 6.18 Å². The highest BCUT2D eigenvalue weighted by Gasteiger charge is 2.31. The average Bonchev–Trinajstić information content (AvgIpc) is 2.95. The third-order valence-electron chi connectivity index (χ3n) is 6.89. The van der Waals surface area contributed by atoms with E-state index in [9.17, 15) is 22.4 Å². The molecule has 42 heavy (non-hydrogen) atoms. The smallest absolute Gasteiger partial charge is 0.416 e. The van der Waals surface area contributed by atoms with Crippen LogP contribution >= 0.6 is 0 Å². The Labute approximate surface area is 243 Å². The minimum atomic E-state index is -4.67. The lowest BCUT2D eigenvalue weighted by Crippen LogP contribution is -2.20. The highest BCUT2D eigenvalue weighted by molar-refractivity contribution is 5.72. The SMILES string of the molecule is CC(=O)NCCCCc1ccc(OCc2cccc(-c3ccccc3)c2C)cc1OCc1cc(F)cc(C(F)(F)F)c1. The van der Waals surface area contributed by atoms with Crippen LogP contribution in [0.1, 0.15) is 47.6 Å². The molecular weight excluding hydrogens is 546 g/mol. The van der Waals surface area contributed by atoms with Gasteiger partial charge in [-0.3, -0.25) is 4.79 Å². The van der Waals surface area contributed by atoms with Crippen molar-refractivity contribution in [3.05, 3.63) is 119 Å². The number of nitrogens with one attached hydrogen (secondary N) is 1. The highest BCUT2D eigenvalue weighted by Crippen LogP contribution is 2.32. The van der Waals surface area contributed by atoms with E-state index in [1.807, 2.05) is 49.4 Å². The quantitative estimate of drug-likeness (QED) is 0.135. The van der Waals surface area contributed by atoms with Gasteiger partial charge in [0.2, 0.25) is 5.91 Å². The molecule has 8 heteroatoms. The van der Waals surface area contributed by atoms with Gasteiger partial charge in [0.25, 0.3) is 0 Å². The number of alkyl halides is 3. The van der Waals surface area contributed by atoms with E-state index in [0.29, 0.717) is 37.1 Å². The first-order chi connectivity index (χ1) is 20.1. The Balaban J connectivity index is 1.51. The van der Waals surface area contributed by atoms with E-state index < -0.39 is 17.6 Å². The summed E-state index contributed by atoms with van der Waals surface area (Å²) in [5.74, 6) is -0.100. The minimum absolute atomic E-state index is 0.0682. The van der Waals surface area contributed by atoms with Crippen LogP contribution in [0.25, 0.3) is 11.1 Å². The third kappa shape index (κ3) is 8.59. The Kier molecular flexibility index (Phi) is 10.2. The Bertz CT molecular complexity index is 1500. The van der Waals surface area contributed by atoms with E-state index >= 15 is 0 Å². The first-order valence-electron chi connectivity index (χ1n) is 13.7. The van der Waals surface area contributed by atoms with Crippen molar-refractivity contribution in [2.45, 2.75) is 52.5 Å². The molecule has 0 unspecified atom stereocenters. The van der Waals surface area contributed by atoms with Gasteiger partial charge < -0.3 is 14.8 Å². The van der Waals surface area contributed by atoms with Crippen molar-refractivity contribution in [1.82, 2.24) is 5.32 Å². The lowest BCUT2D eigenvalue weighted by Gasteiger charge is -2.16. The molecule has 0 aliphatic heterocycles. The Morgan fingerprint density at radius 2 is 1.62 bits per heavy atom. The first-order valence-corrected chi connectivity index (χ1v) is 13.7. The number of aryl methyl sites for hydroxylation is 1. The van der Waals surface area contributed by atoms with Gasteiger partial charge in [0, 0.05) is 19.5 Å². The predicted molar refractivity (Wildman–Crippen MR) is 155 cm³/mol. The van der Waals surface area contributed by atoms with Gasteiger partial charge in [-0.25, -0.2) is 4.39 Å². The molecule has 4 nitrogen and oxygen atoms in total. The number of benzene rings is 4. The molecule has 1 N–H and O–H groups in total. The van der Waals surface area contributed by atoms with E-state index in [0.717, 1.165) is 52.8 Å². The van der Waals surface area contributed by atoms with Crippen molar-refractivity contribution in [3.63, 3.8) is 0 Å². The summed E-state index contributed by atoms with van der Waals surface area (Å²) in [6.45, 7) is 4.11. The highest BCUT2D eigenvalue weighted by atomic mass is 19.4. The van der Waals surface area contributed by atoms with Crippen LogP contribution in [0.2, 0.25) is 0 Å². The van der Waals surface area contributed by atoms with Crippen molar-refractivity contribution >= 4 is 5.91 Å². The number of unbranched alkanes of at least 4 members (excludes halogenated alkanes) is 1. The zero-order chi connectivity index (χ0) is 30.1. The van der Waals surface area contributed by atoms with Gasteiger partial charge in [-0.05, 0) is 83.8 Å². The maximum Gasteiger partial charge on any atom is 0.416 e. The lowest BCUT2D eigenvalue weighted by molar-refractivity contribution is -0.137. The predicted octanol–water partition coefficient (Wildman–Crippen LogP) is 8.44. The number of ether oxygens (including phenoxy) is 2. The number of carbonyl (C=O) groups is 1. The summed E-state index contributed by atoms with van der Waals surface area (Å²) >= 11 is 0. The standard InChI is InChI=1S/C34H33F4NO3/c1-23-28(12-8-13-32(23)26-9-4-3-5-10-26)22-41-31-15-14-27(11-6-7-16-39-24(2)40)33(20-31)42-21-25-17-29(34(36,37)38)19-30(35)18-25/h3-5,8-10,12-15,17-20H,6-7,11,16,21-22H2,1-2H3,(H,39,40). The third-order valence-corrected chi connectivity index (χ3v) is 6.89. The maximum absolute atomic E-state index is 13.9. The van der Waals surface area contributed by atoms with Crippen LogP contribution in [0.3, 0.4) is 0 Å². The number of carbonyl (C=O) groups excluding carboxylic acids is 1. The summed E-state index contributed by atoms with van der Waals surface area (Å²) in [5, 5.41) is 2.76. The summed E-state index contributed by atoms with van der Waals surface area (Å²) in [6.07, 6.45) is -2.56. The molecule has 0 fully saturated rings. The van der Waals surface area contributed by atoms with E-state index in [4.69, 9.17) is 9.47 Å². The second-order valence-corrected chi connectivity index (χ2v) is 10.1.